The summed E-state index contributed by atoms with van der Waals surface area (Å²) in [5.41, 5.74) is 2.39. The van der Waals surface area contributed by atoms with Gasteiger partial charge in [-0.1, -0.05) is 18.2 Å². The first-order chi connectivity index (χ1) is 10.1. The van der Waals surface area contributed by atoms with Crippen LogP contribution in [0, 0.1) is 0 Å². The molecule has 2 aliphatic heterocycles. The number of nitrogens with one attached hydrogen (secondary N) is 1. The molecule has 1 unspecified atom stereocenters. The number of nitrogens with zero attached hydrogens (tertiary/aromatic N) is 1. The number of benzene rings is 1. The molecular formula is C17H18N2O2. The van der Waals surface area contributed by atoms with E-state index in [0.29, 0.717) is 18.0 Å². The van der Waals surface area contributed by atoms with E-state index in [1.165, 1.54) is 0 Å². The predicted octanol–water partition coefficient (Wildman–Crippen LogP) is 2.33. The highest BCUT2D eigenvalue weighted by atomic mass is 16.1. The monoisotopic (exact) mass is 282 g/mol. The molecule has 2 aromatic rings. The minimum Gasteiger partial charge on any atom is -0.357 e. The van der Waals surface area contributed by atoms with Crippen LogP contribution in [0.1, 0.15) is 35.8 Å². The lowest BCUT2D eigenvalue weighted by Crippen LogP contribution is -2.28. The van der Waals surface area contributed by atoms with Crippen LogP contribution in [0.15, 0.2) is 24.3 Å². The van der Waals surface area contributed by atoms with Crippen LogP contribution in [0.2, 0.25) is 0 Å². The molecule has 4 heteroatoms. The second-order valence-corrected chi connectivity index (χ2v) is 6.17. The van der Waals surface area contributed by atoms with Crippen LogP contribution in [0.25, 0.3) is 10.9 Å². The molecule has 1 aromatic carbocycles. The van der Waals surface area contributed by atoms with E-state index in [0.717, 1.165) is 36.0 Å². The van der Waals surface area contributed by atoms with Gasteiger partial charge in [0.25, 0.3) is 0 Å². The Hall–Kier alpha value is -1.94. The summed E-state index contributed by atoms with van der Waals surface area (Å²) in [5.74, 6) is 0.260. The lowest BCUT2D eigenvalue weighted by Gasteiger charge is -2.11. The molecule has 0 bridgehead atoms. The number of aromatic nitrogens is 1. The number of rotatable bonds is 4. The molecule has 21 heavy (non-hydrogen) atoms. The number of H-pyrrole nitrogens is 1. The number of para-hydroxylation sites is 1. The fourth-order valence-corrected chi connectivity index (χ4v) is 3.72. The molecule has 0 saturated carbocycles. The zero-order valence-electron chi connectivity index (χ0n) is 12.1. The van der Waals surface area contributed by atoms with Gasteiger partial charge < -0.3 is 4.98 Å². The number of Topliss-reactive ketones (excluding diaryl/α,β-unsaturated/α-hetero) is 2. The Morgan fingerprint density at radius 2 is 2.10 bits per heavy atom. The second kappa shape index (κ2) is 4.53. The van der Waals surface area contributed by atoms with Crippen molar-refractivity contribution in [2.45, 2.75) is 38.3 Å². The fourth-order valence-electron chi connectivity index (χ4n) is 3.72. The highest BCUT2D eigenvalue weighted by Gasteiger charge is 2.48. The Bertz CT molecular complexity index is 746. The molecule has 1 N–H and O–H groups in total. The van der Waals surface area contributed by atoms with E-state index >= 15 is 0 Å². The lowest BCUT2D eigenvalue weighted by molar-refractivity contribution is -0.121. The van der Waals surface area contributed by atoms with Gasteiger partial charge in [0.2, 0.25) is 0 Å². The summed E-state index contributed by atoms with van der Waals surface area (Å²) >= 11 is 0. The molecular weight excluding hydrogens is 264 g/mol. The Morgan fingerprint density at radius 3 is 2.76 bits per heavy atom. The third-order valence-electron chi connectivity index (χ3n) is 4.79. The van der Waals surface area contributed by atoms with Crippen LogP contribution in [0.4, 0.5) is 0 Å². The van der Waals surface area contributed by atoms with Gasteiger partial charge in [0.05, 0.1) is 6.04 Å². The summed E-state index contributed by atoms with van der Waals surface area (Å²) in [6, 6.07) is 8.46. The van der Waals surface area contributed by atoms with Gasteiger partial charge in [-0.05, 0) is 25.8 Å². The molecule has 2 fully saturated rings. The van der Waals surface area contributed by atoms with Crippen molar-refractivity contribution in [3.05, 3.63) is 35.5 Å². The van der Waals surface area contributed by atoms with Gasteiger partial charge in [0, 0.05) is 41.2 Å². The maximum Gasteiger partial charge on any atom is 0.162 e. The van der Waals surface area contributed by atoms with Crippen LogP contribution in [0.3, 0.4) is 0 Å². The fraction of sp³-hybridized carbons (Fsp3) is 0.412. The third kappa shape index (κ3) is 2.02. The molecule has 2 aliphatic rings. The summed E-state index contributed by atoms with van der Waals surface area (Å²) in [7, 11) is 0. The average molecular weight is 282 g/mol. The molecule has 3 heterocycles. The Balaban J connectivity index is 1.67. The van der Waals surface area contributed by atoms with E-state index in [-0.39, 0.29) is 17.6 Å². The van der Waals surface area contributed by atoms with Gasteiger partial charge in [-0.25, -0.2) is 0 Å². The van der Waals surface area contributed by atoms with Gasteiger partial charge in [-0.15, -0.1) is 0 Å². The van der Waals surface area contributed by atoms with Gasteiger partial charge in [-0.2, -0.15) is 0 Å². The third-order valence-corrected chi connectivity index (χ3v) is 4.79. The average Bonchev–Trinajstić information content (AvgIpc) is 2.95. The second-order valence-electron chi connectivity index (χ2n) is 6.17. The first kappa shape index (κ1) is 12.8. The van der Waals surface area contributed by atoms with Crippen molar-refractivity contribution in [2.24, 2.45) is 0 Å². The number of hydrogen-bond acceptors (Lipinski definition) is 3. The van der Waals surface area contributed by atoms with Crippen molar-refractivity contribution in [3.63, 3.8) is 0 Å². The smallest absolute Gasteiger partial charge is 0.162 e. The zero-order chi connectivity index (χ0) is 14.6. The normalized spacial score (nSPS) is 26.8. The molecule has 0 amide bonds. The molecule has 0 spiro atoms. The molecule has 0 aliphatic carbocycles. The minimum absolute atomic E-state index is 0.0197. The number of piperidine rings is 1. The lowest BCUT2D eigenvalue weighted by atomic mass is 10.00. The maximum atomic E-state index is 12.5. The van der Waals surface area contributed by atoms with Crippen LogP contribution >= 0.6 is 0 Å². The highest BCUT2D eigenvalue weighted by Crippen LogP contribution is 2.36. The summed E-state index contributed by atoms with van der Waals surface area (Å²) in [6.45, 7) is 2.64. The first-order valence-corrected chi connectivity index (χ1v) is 7.54. The summed E-state index contributed by atoms with van der Waals surface area (Å²) in [4.78, 5) is 30.0. The van der Waals surface area contributed by atoms with E-state index in [9.17, 15) is 9.59 Å². The largest absolute Gasteiger partial charge is 0.357 e. The van der Waals surface area contributed by atoms with Gasteiger partial charge >= 0.3 is 0 Å². The van der Waals surface area contributed by atoms with Gasteiger partial charge in [0.1, 0.15) is 0 Å². The summed E-state index contributed by atoms with van der Waals surface area (Å²) < 4.78 is 0. The van der Waals surface area contributed by atoms with Crippen molar-refractivity contribution >= 4 is 22.5 Å². The summed E-state index contributed by atoms with van der Waals surface area (Å²) in [6.07, 6.45) is 2.44. The van der Waals surface area contributed by atoms with Crippen LogP contribution < -0.4 is 0 Å². The molecule has 3 atom stereocenters. The maximum absolute atomic E-state index is 12.5. The standard InChI is InChI=1S/C17H18N2O2/c1-10(20)17-12-4-2-3-5-13(12)18-14(17)8-16(21)15-7-6-11-9-19(11)15/h2-5,11,15,18H,6-9H2,1H3/t11-,15+,19?/m1/s1. The van der Waals surface area contributed by atoms with Crippen LogP contribution in [-0.4, -0.2) is 40.1 Å². The first-order valence-electron chi connectivity index (χ1n) is 7.54. The molecule has 2 saturated heterocycles. The van der Waals surface area contributed by atoms with E-state index in [2.05, 4.69) is 9.88 Å². The number of ketones is 2. The van der Waals surface area contributed by atoms with E-state index < -0.39 is 0 Å². The number of carbonyl (C=O) groups is 2. The molecule has 0 radical (unpaired) electrons. The van der Waals surface area contributed by atoms with Crippen molar-refractivity contribution < 1.29 is 9.59 Å². The quantitative estimate of drug-likeness (QED) is 0.691. The van der Waals surface area contributed by atoms with Gasteiger partial charge in [-0.3, -0.25) is 14.5 Å². The number of carbonyl (C=O) groups excluding carboxylic acids is 2. The number of hydrogen-bond donors (Lipinski definition) is 1. The van der Waals surface area contributed by atoms with Crippen LogP contribution in [0.5, 0.6) is 0 Å². The molecule has 108 valence electrons. The van der Waals surface area contributed by atoms with Crippen molar-refractivity contribution in [3.8, 4) is 0 Å². The Labute approximate surface area is 123 Å². The predicted molar refractivity (Wildman–Crippen MR) is 80.5 cm³/mol. The Morgan fingerprint density at radius 1 is 1.29 bits per heavy atom. The number of fused-ring (bicyclic) bond motifs is 2. The van der Waals surface area contributed by atoms with Crippen molar-refractivity contribution in [1.29, 1.82) is 0 Å². The summed E-state index contributed by atoms with van der Waals surface area (Å²) in [5, 5.41) is 0.920. The highest BCUT2D eigenvalue weighted by molar-refractivity contribution is 6.09. The SMILES string of the molecule is CC(=O)c1c(CC(=O)[C@@H]2CC[C@@H]3CN32)[nH]c2ccccc12. The van der Waals surface area contributed by atoms with E-state index in [1.807, 2.05) is 24.3 Å². The minimum atomic E-state index is 0.0197. The van der Waals surface area contributed by atoms with Crippen molar-refractivity contribution in [1.82, 2.24) is 9.88 Å². The van der Waals surface area contributed by atoms with Crippen molar-refractivity contribution in [2.75, 3.05) is 6.54 Å². The topological polar surface area (TPSA) is 52.9 Å². The molecule has 4 nitrogen and oxygen atoms in total. The van der Waals surface area contributed by atoms with E-state index in [4.69, 9.17) is 0 Å². The Kier molecular flexibility index (Phi) is 2.76. The van der Waals surface area contributed by atoms with Gasteiger partial charge in [0.15, 0.2) is 11.6 Å². The zero-order valence-corrected chi connectivity index (χ0v) is 12.1. The molecule has 4 rings (SSSR count). The molecule has 1 aromatic heterocycles. The van der Waals surface area contributed by atoms with Crippen LogP contribution in [-0.2, 0) is 11.2 Å². The van der Waals surface area contributed by atoms with E-state index in [1.54, 1.807) is 6.92 Å². The number of aromatic amines is 1.